The van der Waals surface area contributed by atoms with Gasteiger partial charge in [0, 0.05) is 6.07 Å². The summed E-state index contributed by atoms with van der Waals surface area (Å²) in [6, 6.07) is 16.6. The van der Waals surface area contributed by atoms with E-state index < -0.39 is 17.2 Å². The molecular weight excluding hydrogens is 392 g/mol. The van der Waals surface area contributed by atoms with Gasteiger partial charge in [0.15, 0.2) is 0 Å². The number of unbranched alkanes of at least 4 members (excludes halogenated alkanes) is 1. The van der Waals surface area contributed by atoms with E-state index in [2.05, 4.69) is 0 Å². The lowest BCUT2D eigenvalue weighted by Crippen LogP contribution is -2.42. The summed E-state index contributed by atoms with van der Waals surface area (Å²) in [6.07, 6.45) is 1.60. The standard InChI is InChI=1S/C25H28N2O4/c1-4-5-14-31-24(29)22-15-23(28)27(17-21-12-8-19(3)9-13-21)25(30)26(22)16-20-10-6-18(2)7-11-20/h6-13,15H,4-5,14,16-17H2,1-3H3. The molecule has 1 aromatic heterocycles. The molecule has 3 rings (SSSR count). The van der Waals surface area contributed by atoms with Crippen molar-refractivity contribution in [1.29, 1.82) is 0 Å². The minimum atomic E-state index is -0.655. The Kier molecular flexibility index (Phi) is 7.23. The number of carbonyl (C=O) groups is 1. The third kappa shape index (κ3) is 5.60. The predicted molar refractivity (Wildman–Crippen MR) is 121 cm³/mol. The fourth-order valence-corrected chi connectivity index (χ4v) is 3.22. The molecule has 0 aliphatic heterocycles. The van der Waals surface area contributed by atoms with E-state index in [-0.39, 0.29) is 25.4 Å². The first-order valence-electron chi connectivity index (χ1n) is 10.5. The molecule has 0 fully saturated rings. The molecule has 0 amide bonds. The normalized spacial score (nSPS) is 10.8. The van der Waals surface area contributed by atoms with Crippen LogP contribution in [0.1, 0.15) is 52.5 Å². The van der Waals surface area contributed by atoms with Gasteiger partial charge < -0.3 is 4.74 Å². The molecule has 31 heavy (non-hydrogen) atoms. The highest BCUT2D eigenvalue weighted by Crippen LogP contribution is 2.08. The summed E-state index contributed by atoms with van der Waals surface area (Å²) in [5.41, 5.74) is 2.81. The molecule has 6 nitrogen and oxygen atoms in total. The van der Waals surface area contributed by atoms with Gasteiger partial charge in [-0.3, -0.25) is 13.9 Å². The summed E-state index contributed by atoms with van der Waals surface area (Å²) < 4.78 is 7.78. The number of aryl methyl sites for hydroxylation is 2. The van der Waals surface area contributed by atoms with E-state index in [1.807, 2.05) is 69.3 Å². The third-order valence-electron chi connectivity index (χ3n) is 5.14. The van der Waals surface area contributed by atoms with Crippen molar-refractivity contribution in [1.82, 2.24) is 9.13 Å². The smallest absolute Gasteiger partial charge is 0.355 e. The van der Waals surface area contributed by atoms with Crippen LogP contribution in [0, 0.1) is 13.8 Å². The first-order chi connectivity index (χ1) is 14.9. The summed E-state index contributed by atoms with van der Waals surface area (Å²) in [5, 5.41) is 0. The monoisotopic (exact) mass is 420 g/mol. The number of benzene rings is 2. The van der Waals surface area contributed by atoms with Gasteiger partial charge in [-0.2, -0.15) is 0 Å². The number of ether oxygens (including phenoxy) is 1. The molecule has 162 valence electrons. The summed E-state index contributed by atoms with van der Waals surface area (Å²) in [4.78, 5) is 38.7. The maximum atomic E-state index is 13.3. The minimum Gasteiger partial charge on any atom is -0.461 e. The second kappa shape index (κ2) is 10.1. The molecule has 0 N–H and O–H groups in total. The number of rotatable bonds is 8. The topological polar surface area (TPSA) is 70.3 Å². The van der Waals surface area contributed by atoms with Crippen LogP contribution in [0.2, 0.25) is 0 Å². The number of esters is 1. The molecule has 0 aliphatic carbocycles. The lowest BCUT2D eigenvalue weighted by atomic mass is 10.1. The Morgan fingerprint density at radius 3 is 1.87 bits per heavy atom. The Morgan fingerprint density at radius 1 is 0.839 bits per heavy atom. The van der Waals surface area contributed by atoms with Gasteiger partial charge in [-0.25, -0.2) is 9.59 Å². The van der Waals surface area contributed by atoms with Gasteiger partial charge in [0.1, 0.15) is 5.69 Å². The van der Waals surface area contributed by atoms with Crippen LogP contribution in [0.3, 0.4) is 0 Å². The molecule has 0 aliphatic rings. The Hall–Kier alpha value is -3.41. The number of aromatic nitrogens is 2. The van der Waals surface area contributed by atoms with E-state index in [4.69, 9.17) is 4.74 Å². The largest absolute Gasteiger partial charge is 0.461 e. The summed E-state index contributed by atoms with van der Waals surface area (Å²) in [7, 11) is 0. The average molecular weight is 421 g/mol. The van der Waals surface area contributed by atoms with E-state index in [0.717, 1.165) is 39.7 Å². The highest BCUT2D eigenvalue weighted by atomic mass is 16.5. The zero-order valence-corrected chi connectivity index (χ0v) is 18.3. The molecular formula is C25H28N2O4. The van der Waals surface area contributed by atoms with Crippen LogP contribution >= 0.6 is 0 Å². The van der Waals surface area contributed by atoms with Crippen LogP contribution in [-0.2, 0) is 17.8 Å². The zero-order valence-electron chi connectivity index (χ0n) is 18.3. The van der Waals surface area contributed by atoms with Crippen molar-refractivity contribution in [3.63, 3.8) is 0 Å². The van der Waals surface area contributed by atoms with Gasteiger partial charge >= 0.3 is 11.7 Å². The maximum absolute atomic E-state index is 13.3. The van der Waals surface area contributed by atoms with Crippen molar-refractivity contribution in [3.8, 4) is 0 Å². The van der Waals surface area contributed by atoms with Gasteiger partial charge in [0.2, 0.25) is 0 Å². The molecule has 0 spiro atoms. The Labute approximate surface area is 181 Å². The molecule has 6 heteroatoms. The number of nitrogens with zero attached hydrogens (tertiary/aromatic N) is 2. The minimum absolute atomic E-state index is 0.0214. The van der Waals surface area contributed by atoms with Crippen LogP contribution in [-0.4, -0.2) is 21.7 Å². The van der Waals surface area contributed by atoms with E-state index in [1.165, 1.54) is 10.6 Å². The van der Waals surface area contributed by atoms with Crippen LogP contribution in [0.25, 0.3) is 0 Å². The third-order valence-corrected chi connectivity index (χ3v) is 5.14. The molecule has 1 heterocycles. The van der Waals surface area contributed by atoms with Crippen molar-refractivity contribution in [3.05, 3.63) is 103 Å². The number of carbonyl (C=O) groups excluding carboxylic acids is 1. The first kappa shape index (κ1) is 22.3. The van der Waals surface area contributed by atoms with E-state index in [1.54, 1.807) is 0 Å². The van der Waals surface area contributed by atoms with Crippen molar-refractivity contribution >= 4 is 5.97 Å². The van der Waals surface area contributed by atoms with Crippen LogP contribution in [0.4, 0.5) is 0 Å². The van der Waals surface area contributed by atoms with E-state index in [9.17, 15) is 14.4 Å². The van der Waals surface area contributed by atoms with Gasteiger partial charge in [-0.05, 0) is 31.4 Å². The maximum Gasteiger partial charge on any atom is 0.355 e. The molecule has 0 saturated heterocycles. The van der Waals surface area contributed by atoms with Gasteiger partial charge in [0.25, 0.3) is 5.56 Å². The van der Waals surface area contributed by atoms with Gasteiger partial charge in [-0.1, -0.05) is 73.0 Å². The van der Waals surface area contributed by atoms with Crippen LogP contribution in [0.5, 0.6) is 0 Å². The Bertz CT molecular complexity index is 1160. The molecule has 0 unspecified atom stereocenters. The Balaban J connectivity index is 2.04. The van der Waals surface area contributed by atoms with Crippen LogP contribution in [0.15, 0.2) is 64.2 Å². The van der Waals surface area contributed by atoms with Crippen molar-refractivity contribution in [2.45, 2.75) is 46.7 Å². The zero-order chi connectivity index (χ0) is 22.4. The van der Waals surface area contributed by atoms with Crippen molar-refractivity contribution in [2.75, 3.05) is 6.61 Å². The number of hydrogen-bond donors (Lipinski definition) is 0. The molecule has 0 saturated carbocycles. The second-order valence-electron chi connectivity index (χ2n) is 7.78. The van der Waals surface area contributed by atoms with Crippen LogP contribution < -0.4 is 11.2 Å². The molecule has 0 bridgehead atoms. The Morgan fingerprint density at radius 2 is 1.35 bits per heavy atom. The summed E-state index contributed by atoms with van der Waals surface area (Å²) in [6.45, 7) is 6.51. The molecule has 2 aromatic carbocycles. The van der Waals surface area contributed by atoms with E-state index >= 15 is 0 Å². The second-order valence-corrected chi connectivity index (χ2v) is 7.78. The highest BCUT2D eigenvalue weighted by Gasteiger charge is 2.19. The fraction of sp³-hybridized carbons (Fsp3) is 0.320. The quantitative estimate of drug-likeness (QED) is 0.412. The van der Waals surface area contributed by atoms with Gasteiger partial charge in [-0.15, -0.1) is 0 Å². The van der Waals surface area contributed by atoms with Gasteiger partial charge in [0.05, 0.1) is 19.7 Å². The predicted octanol–water partition coefficient (Wildman–Crippen LogP) is 3.68. The molecule has 3 aromatic rings. The fourth-order valence-electron chi connectivity index (χ4n) is 3.22. The molecule has 0 atom stereocenters. The first-order valence-corrected chi connectivity index (χ1v) is 10.5. The lowest BCUT2D eigenvalue weighted by Gasteiger charge is -2.15. The summed E-state index contributed by atoms with van der Waals surface area (Å²) in [5.74, 6) is -0.655. The van der Waals surface area contributed by atoms with Crippen molar-refractivity contribution in [2.24, 2.45) is 0 Å². The molecule has 0 radical (unpaired) electrons. The number of hydrogen-bond acceptors (Lipinski definition) is 4. The highest BCUT2D eigenvalue weighted by molar-refractivity contribution is 5.87. The average Bonchev–Trinajstić information content (AvgIpc) is 2.75. The summed E-state index contributed by atoms with van der Waals surface area (Å²) >= 11 is 0. The van der Waals surface area contributed by atoms with Crippen molar-refractivity contribution < 1.29 is 9.53 Å². The van der Waals surface area contributed by atoms with E-state index in [0.29, 0.717) is 0 Å². The lowest BCUT2D eigenvalue weighted by molar-refractivity contribution is 0.0484. The SMILES string of the molecule is CCCCOC(=O)c1cc(=O)n(Cc2ccc(C)cc2)c(=O)n1Cc1ccc(C)cc1.